The van der Waals surface area contributed by atoms with Crippen LogP contribution in [0.15, 0.2) is 41.0 Å². The van der Waals surface area contributed by atoms with Crippen LogP contribution in [0.5, 0.6) is 0 Å². The van der Waals surface area contributed by atoms with Gasteiger partial charge in [0.15, 0.2) is 0 Å². The van der Waals surface area contributed by atoms with Crippen molar-refractivity contribution in [2.24, 2.45) is 22.4 Å². The van der Waals surface area contributed by atoms with Gasteiger partial charge in [0.1, 0.15) is 0 Å². The molecule has 122 valence electrons. The Labute approximate surface area is 135 Å². The van der Waals surface area contributed by atoms with Crippen molar-refractivity contribution in [3.05, 3.63) is 51.6 Å². The highest BCUT2D eigenvalue weighted by Gasteiger charge is 2.60. The van der Waals surface area contributed by atoms with Crippen LogP contribution in [0.2, 0.25) is 0 Å². The lowest BCUT2D eigenvalue weighted by Crippen LogP contribution is -2.21. The van der Waals surface area contributed by atoms with E-state index in [1.54, 1.807) is 12.1 Å². The van der Waals surface area contributed by atoms with Crippen molar-refractivity contribution in [3.63, 3.8) is 0 Å². The van der Waals surface area contributed by atoms with Gasteiger partial charge in [-0.05, 0) is 42.9 Å². The molecular formula is C17H21N3O3. The van der Waals surface area contributed by atoms with Gasteiger partial charge in [-0.1, -0.05) is 25.5 Å². The van der Waals surface area contributed by atoms with Crippen LogP contribution in [0, 0.1) is 27.4 Å². The molecule has 1 fully saturated rings. The minimum absolute atomic E-state index is 0.0236. The average molecular weight is 315 g/mol. The zero-order valence-corrected chi connectivity index (χ0v) is 13.7. The minimum Gasteiger partial charge on any atom is -0.273 e. The third-order valence-corrected chi connectivity index (χ3v) is 4.20. The normalized spacial score (nSPS) is 21.7. The van der Waals surface area contributed by atoms with Crippen molar-refractivity contribution in [3.8, 4) is 0 Å². The monoisotopic (exact) mass is 315 g/mol. The Kier molecular flexibility index (Phi) is 4.63. The molecule has 1 aliphatic carbocycles. The maximum atomic E-state index is 12.2. The van der Waals surface area contributed by atoms with Gasteiger partial charge in [-0.15, -0.1) is 0 Å². The smallest absolute Gasteiger partial charge is 0.269 e. The number of carbonyl (C=O) groups is 1. The summed E-state index contributed by atoms with van der Waals surface area (Å²) < 4.78 is 0. The molecular weight excluding hydrogens is 294 g/mol. The summed E-state index contributed by atoms with van der Waals surface area (Å²) in [6, 6.07) is 5.97. The first-order chi connectivity index (χ1) is 10.7. The van der Waals surface area contributed by atoms with Crippen molar-refractivity contribution in [1.29, 1.82) is 0 Å². The highest BCUT2D eigenvalue weighted by Crippen LogP contribution is 2.59. The average Bonchev–Trinajstić information content (AvgIpc) is 2.99. The fourth-order valence-corrected chi connectivity index (χ4v) is 2.77. The van der Waals surface area contributed by atoms with Crippen molar-refractivity contribution < 1.29 is 9.72 Å². The van der Waals surface area contributed by atoms with Crippen LogP contribution in [-0.2, 0) is 4.79 Å². The van der Waals surface area contributed by atoms with E-state index >= 15 is 0 Å². The van der Waals surface area contributed by atoms with Crippen LogP contribution in [-0.4, -0.2) is 17.0 Å². The number of benzene rings is 1. The molecule has 6 heteroatoms. The number of amides is 1. The highest BCUT2D eigenvalue weighted by atomic mass is 16.6. The SMILES string of the molecule is CC(C)=C[C@@H]1[C@@H](C(=O)N/N=C\c2ccc([N+](=O)[O-])cc2)C1(C)C. The maximum absolute atomic E-state index is 12.2. The fraction of sp³-hybridized carbons (Fsp3) is 0.412. The van der Waals surface area contributed by atoms with E-state index in [1.807, 2.05) is 13.8 Å². The molecule has 0 heterocycles. The third-order valence-electron chi connectivity index (χ3n) is 4.20. The van der Waals surface area contributed by atoms with Crippen molar-refractivity contribution in [2.75, 3.05) is 0 Å². The Morgan fingerprint density at radius 1 is 1.30 bits per heavy atom. The zero-order chi connectivity index (χ0) is 17.2. The maximum Gasteiger partial charge on any atom is 0.269 e. The number of nitro benzene ring substituents is 1. The van der Waals surface area contributed by atoms with Crippen molar-refractivity contribution >= 4 is 17.8 Å². The number of rotatable bonds is 5. The molecule has 0 aliphatic heterocycles. The topological polar surface area (TPSA) is 84.6 Å². The molecule has 1 aliphatic rings. The number of hydrazone groups is 1. The van der Waals surface area contributed by atoms with Crippen LogP contribution in [0.4, 0.5) is 5.69 Å². The van der Waals surface area contributed by atoms with Gasteiger partial charge in [-0.25, -0.2) is 5.43 Å². The number of non-ortho nitro benzene ring substituents is 1. The summed E-state index contributed by atoms with van der Waals surface area (Å²) in [6.07, 6.45) is 3.61. The number of nitrogens with zero attached hydrogens (tertiary/aromatic N) is 2. The summed E-state index contributed by atoms with van der Waals surface area (Å²) >= 11 is 0. The second-order valence-corrected chi connectivity index (χ2v) is 6.65. The number of nitrogens with one attached hydrogen (secondary N) is 1. The van der Waals surface area contributed by atoms with Gasteiger partial charge in [0.05, 0.1) is 17.1 Å². The molecule has 0 bridgehead atoms. The van der Waals surface area contributed by atoms with Crippen molar-refractivity contribution in [2.45, 2.75) is 27.7 Å². The molecule has 1 aromatic carbocycles. The number of nitro groups is 1. The van der Waals surface area contributed by atoms with Gasteiger partial charge in [0.2, 0.25) is 5.91 Å². The third kappa shape index (κ3) is 3.83. The fourth-order valence-electron chi connectivity index (χ4n) is 2.77. The number of carbonyl (C=O) groups excluding carboxylic acids is 1. The van der Waals surface area contributed by atoms with Crippen LogP contribution in [0.25, 0.3) is 0 Å². The largest absolute Gasteiger partial charge is 0.273 e. The Bertz CT molecular complexity index is 671. The summed E-state index contributed by atoms with van der Waals surface area (Å²) in [5, 5.41) is 14.5. The molecule has 1 N–H and O–H groups in total. The second-order valence-electron chi connectivity index (χ2n) is 6.65. The van der Waals surface area contributed by atoms with E-state index in [4.69, 9.17) is 0 Å². The van der Waals surface area contributed by atoms with Gasteiger partial charge in [0, 0.05) is 12.1 Å². The van der Waals surface area contributed by atoms with Crippen LogP contribution >= 0.6 is 0 Å². The predicted molar refractivity (Wildman–Crippen MR) is 89.0 cm³/mol. The molecule has 1 saturated carbocycles. The Morgan fingerprint density at radius 3 is 2.43 bits per heavy atom. The van der Waals surface area contributed by atoms with E-state index < -0.39 is 4.92 Å². The lowest BCUT2D eigenvalue weighted by molar-refractivity contribution is -0.384. The molecule has 0 unspecified atom stereocenters. The lowest BCUT2D eigenvalue weighted by atomic mass is 10.1. The minimum atomic E-state index is -0.457. The molecule has 0 aromatic heterocycles. The van der Waals surface area contributed by atoms with E-state index in [0.29, 0.717) is 5.56 Å². The summed E-state index contributed by atoms with van der Waals surface area (Å²) in [6.45, 7) is 8.19. The summed E-state index contributed by atoms with van der Waals surface area (Å²) in [5.74, 6) is 0.0594. The summed E-state index contributed by atoms with van der Waals surface area (Å²) in [4.78, 5) is 22.3. The molecule has 2 rings (SSSR count). The lowest BCUT2D eigenvalue weighted by Gasteiger charge is -2.00. The van der Waals surface area contributed by atoms with Gasteiger partial charge >= 0.3 is 0 Å². The van der Waals surface area contributed by atoms with Gasteiger partial charge in [-0.2, -0.15) is 5.10 Å². The Morgan fingerprint density at radius 2 is 1.91 bits per heavy atom. The second kappa shape index (κ2) is 6.32. The molecule has 23 heavy (non-hydrogen) atoms. The molecule has 0 spiro atoms. The zero-order valence-electron chi connectivity index (χ0n) is 13.7. The first kappa shape index (κ1) is 16.9. The predicted octanol–water partition coefficient (Wildman–Crippen LogP) is 3.28. The van der Waals surface area contributed by atoms with Gasteiger partial charge < -0.3 is 0 Å². The van der Waals surface area contributed by atoms with Crippen LogP contribution in [0.3, 0.4) is 0 Å². The quantitative estimate of drug-likeness (QED) is 0.391. The molecule has 0 saturated heterocycles. The first-order valence-electron chi connectivity index (χ1n) is 7.46. The summed E-state index contributed by atoms with van der Waals surface area (Å²) in [7, 11) is 0. The van der Waals surface area contributed by atoms with E-state index in [1.165, 1.54) is 23.9 Å². The summed E-state index contributed by atoms with van der Waals surface area (Å²) in [5.41, 5.74) is 4.42. The molecule has 6 nitrogen and oxygen atoms in total. The van der Waals surface area contributed by atoms with E-state index in [2.05, 4.69) is 30.5 Å². The Balaban J connectivity index is 1.94. The van der Waals surface area contributed by atoms with Gasteiger partial charge in [0.25, 0.3) is 5.69 Å². The van der Waals surface area contributed by atoms with Crippen LogP contribution in [0.1, 0.15) is 33.3 Å². The van der Waals surface area contributed by atoms with Crippen molar-refractivity contribution in [1.82, 2.24) is 5.43 Å². The first-order valence-corrected chi connectivity index (χ1v) is 7.46. The number of hydrogen-bond donors (Lipinski definition) is 1. The van der Waals surface area contributed by atoms with E-state index in [0.717, 1.165) is 0 Å². The highest BCUT2D eigenvalue weighted by molar-refractivity contribution is 5.86. The van der Waals surface area contributed by atoms with E-state index in [-0.39, 0.29) is 28.8 Å². The van der Waals surface area contributed by atoms with Crippen LogP contribution < -0.4 is 5.43 Å². The molecule has 0 radical (unpaired) electrons. The van der Waals surface area contributed by atoms with Gasteiger partial charge in [-0.3, -0.25) is 14.9 Å². The molecule has 1 aromatic rings. The van der Waals surface area contributed by atoms with E-state index in [9.17, 15) is 14.9 Å². The standard InChI is InChI=1S/C17H21N3O3/c1-11(2)9-14-15(17(14,3)4)16(21)19-18-10-12-5-7-13(8-6-12)20(22)23/h5-10,14-15H,1-4H3,(H,19,21)/b18-10-/t14-,15+/m1/s1. The Hall–Kier alpha value is -2.50. The number of allylic oxidation sites excluding steroid dienone is 2. The number of hydrogen-bond acceptors (Lipinski definition) is 4. The molecule has 2 atom stereocenters. The molecule has 1 amide bonds.